The number of anilines is 1. The molecule has 4 rings (SSSR count). The number of nitrogens with one attached hydrogen (secondary N) is 2. The van der Waals surface area contributed by atoms with Crippen molar-refractivity contribution in [1.82, 2.24) is 9.97 Å². The third kappa shape index (κ3) is 3.93. The number of aromatic amines is 1. The summed E-state index contributed by atoms with van der Waals surface area (Å²) >= 11 is 0. The van der Waals surface area contributed by atoms with E-state index < -0.39 is 12.5 Å². The summed E-state index contributed by atoms with van der Waals surface area (Å²) in [5.74, 6) is 0.0751. The van der Waals surface area contributed by atoms with E-state index in [4.69, 9.17) is 4.74 Å². The topological polar surface area (TPSA) is 76.2 Å². The average Bonchev–Trinajstić information content (AvgIpc) is 3.18. The van der Waals surface area contributed by atoms with Crippen LogP contribution < -0.4 is 14.8 Å². The van der Waals surface area contributed by atoms with Crippen LogP contribution in [0.1, 0.15) is 10.4 Å². The lowest BCUT2D eigenvalue weighted by Crippen LogP contribution is -2.13. The number of alkyl halides is 2. The summed E-state index contributed by atoms with van der Waals surface area (Å²) in [6.45, 7) is -2.99. The van der Waals surface area contributed by atoms with Gasteiger partial charge in [0, 0.05) is 11.1 Å². The SMILES string of the molecule is COc1cc(C(=O)Nc2ccccc2-c2nc3ccccc3[nH]2)ccc1OC(F)F. The number of carbonyl (C=O) groups excluding carboxylic acids is 1. The highest BCUT2D eigenvalue weighted by molar-refractivity contribution is 6.06. The normalized spacial score (nSPS) is 10.9. The Kier molecular flexibility index (Phi) is 5.30. The van der Waals surface area contributed by atoms with Crippen molar-refractivity contribution >= 4 is 22.6 Å². The zero-order chi connectivity index (χ0) is 21.1. The second-order valence-corrected chi connectivity index (χ2v) is 6.35. The molecule has 0 radical (unpaired) electrons. The molecule has 0 aliphatic heterocycles. The molecule has 4 aromatic rings. The largest absolute Gasteiger partial charge is 0.493 e. The highest BCUT2D eigenvalue weighted by Gasteiger charge is 2.16. The first-order chi connectivity index (χ1) is 14.5. The number of para-hydroxylation sites is 3. The summed E-state index contributed by atoms with van der Waals surface area (Å²) in [6.07, 6.45) is 0. The number of halogens is 2. The minimum atomic E-state index is -2.99. The molecule has 1 aromatic heterocycles. The van der Waals surface area contributed by atoms with E-state index >= 15 is 0 Å². The number of aromatic nitrogens is 2. The molecule has 6 nitrogen and oxygen atoms in total. The Morgan fingerprint density at radius 1 is 1.03 bits per heavy atom. The van der Waals surface area contributed by atoms with E-state index in [1.807, 2.05) is 36.4 Å². The number of nitrogens with zero attached hydrogens (tertiary/aromatic N) is 1. The predicted molar refractivity (Wildman–Crippen MR) is 109 cm³/mol. The Bertz CT molecular complexity index is 1170. The van der Waals surface area contributed by atoms with Gasteiger partial charge in [0.05, 0.1) is 23.8 Å². The van der Waals surface area contributed by atoms with E-state index in [0.29, 0.717) is 17.1 Å². The van der Waals surface area contributed by atoms with E-state index in [0.717, 1.165) is 11.0 Å². The van der Waals surface area contributed by atoms with Crippen LogP contribution in [0.3, 0.4) is 0 Å². The van der Waals surface area contributed by atoms with Crippen molar-refractivity contribution in [3.63, 3.8) is 0 Å². The third-order valence-corrected chi connectivity index (χ3v) is 4.46. The van der Waals surface area contributed by atoms with Crippen molar-refractivity contribution in [3.05, 3.63) is 72.3 Å². The minimum absolute atomic E-state index is 0.0357. The number of imidazole rings is 1. The van der Waals surface area contributed by atoms with Crippen molar-refractivity contribution in [2.24, 2.45) is 0 Å². The van der Waals surface area contributed by atoms with Crippen LogP contribution in [-0.4, -0.2) is 29.6 Å². The summed E-state index contributed by atoms with van der Waals surface area (Å²) in [5, 5.41) is 2.84. The number of methoxy groups -OCH3 is 1. The number of H-pyrrole nitrogens is 1. The Balaban J connectivity index is 1.63. The summed E-state index contributed by atoms with van der Waals surface area (Å²) in [6, 6.07) is 18.9. The van der Waals surface area contributed by atoms with Gasteiger partial charge in [0.25, 0.3) is 5.91 Å². The van der Waals surface area contributed by atoms with Crippen molar-refractivity contribution in [1.29, 1.82) is 0 Å². The molecular formula is C22H17F2N3O3. The number of hydrogen-bond acceptors (Lipinski definition) is 4. The van der Waals surface area contributed by atoms with Crippen LogP contribution in [0.2, 0.25) is 0 Å². The number of ether oxygens (including phenoxy) is 2. The monoisotopic (exact) mass is 409 g/mol. The van der Waals surface area contributed by atoms with Crippen LogP contribution in [-0.2, 0) is 0 Å². The van der Waals surface area contributed by atoms with Gasteiger partial charge in [0.2, 0.25) is 0 Å². The van der Waals surface area contributed by atoms with E-state index in [1.54, 1.807) is 12.1 Å². The molecule has 3 aromatic carbocycles. The van der Waals surface area contributed by atoms with Crippen LogP contribution in [0.5, 0.6) is 11.5 Å². The van der Waals surface area contributed by atoms with Gasteiger partial charge < -0.3 is 19.8 Å². The predicted octanol–water partition coefficient (Wildman–Crippen LogP) is 5.09. The van der Waals surface area contributed by atoms with Crippen LogP contribution in [0.25, 0.3) is 22.4 Å². The maximum absolute atomic E-state index is 12.8. The lowest BCUT2D eigenvalue weighted by Gasteiger charge is -2.12. The molecule has 1 amide bonds. The van der Waals surface area contributed by atoms with Gasteiger partial charge in [-0.15, -0.1) is 0 Å². The van der Waals surface area contributed by atoms with Gasteiger partial charge in [-0.25, -0.2) is 4.98 Å². The number of carbonyl (C=O) groups is 1. The molecule has 0 unspecified atom stereocenters. The van der Waals surface area contributed by atoms with Gasteiger partial charge in [-0.3, -0.25) is 4.79 Å². The summed E-state index contributed by atoms with van der Waals surface area (Å²) in [7, 11) is 1.31. The lowest BCUT2D eigenvalue weighted by atomic mass is 10.1. The molecule has 1 heterocycles. The first kappa shape index (κ1) is 19.4. The Labute approximate surface area is 170 Å². The van der Waals surface area contributed by atoms with Gasteiger partial charge in [-0.05, 0) is 42.5 Å². The number of fused-ring (bicyclic) bond motifs is 1. The fourth-order valence-corrected chi connectivity index (χ4v) is 3.08. The Morgan fingerprint density at radius 3 is 2.57 bits per heavy atom. The zero-order valence-electron chi connectivity index (χ0n) is 15.9. The van der Waals surface area contributed by atoms with E-state index in [1.165, 1.54) is 25.3 Å². The van der Waals surface area contributed by atoms with Crippen LogP contribution in [0.4, 0.5) is 14.5 Å². The molecule has 0 saturated carbocycles. The molecule has 0 spiro atoms. The quantitative estimate of drug-likeness (QED) is 0.465. The van der Waals surface area contributed by atoms with Crippen LogP contribution >= 0.6 is 0 Å². The number of benzene rings is 3. The maximum atomic E-state index is 12.8. The van der Waals surface area contributed by atoms with E-state index in [2.05, 4.69) is 20.0 Å². The van der Waals surface area contributed by atoms with Crippen molar-refractivity contribution in [3.8, 4) is 22.9 Å². The second-order valence-electron chi connectivity index (χ2n) is 6.35. The second kappa shape index (κ2) is 8.20. The van der Waals surface area contributed by atoms with Crippen LogP contribution in [0, 0.1) is 0 Å². The lowest BCUT2D eigenvalue weighted by molar-refractivity contribution is -0.0512. The summed E-state index contributed by atoms with van der Waals surface area (Å²) < 4.78 is 34.5. The minimum Gasteiger partial charge on any atom is -0.493 e. The summed E-state index contributed by atoms with van der Waals surface area (Å²) in [4.78, 5) is 20.6. The molecule has 8 heteroatoms. The fourth-order valence-electron chi connectivity index (χ4n) is 3.08. The molecule has 0 fully saturated rings. The van der Waals surface area contributed by atoms with Gasteiger partial charge >= 0.3 is 6.61 Å². The van der Waals surface area contributed by atoms with Gasteiger partial charge in [-0.1, -0.05) is 24.3 Å². The van der Waals surface area contributed by atoms with Gasteiger partial charge in [0.15, 0.2) is 11.5 Å². The zero-order valence-corrected chi connectivity index (χ0v) is 15.9. The maximum Gasteiger partial charge on any atom is 0.387 e. The molecule has 152 valence electrons. The summed E-state index contributed by atoms with van der Waals surface area (Å²) in [5.41, 5.74) is 3.19. The molecule has 0 atom stereocenters. The highest BCUT2D eigenvalue weighted by Crippen LogP contribution is 2.31. The third-order valence-electron chi connectivity index (χ3n) is 4.46. The van der Waals surface area contributed by atoms with Crippen LogP contribution in [0.15, 0.2) is 66.7 Å². The first-order valence-corrected chi connectivity index (χ1v) is 9.03. The van der Waals surface area contributed by atoms with Crippen molar-refractivity contribution < 1.29 is 23.0 Å². The first-order valence-electron chi connectivity index (χ1n) is 9.03. The molecule has 0 aliphatic rings. The molecule has 0 bridgehead atoms. The average molecular weight is 409 g/mol. The standard InChI is InChI=1S/C22H17F2N3O3/c1-29-19-12-13(10-11-18(19)30-22(23)24)21(28)27-15-7-3-2-6-14(15)20-25-16-8-4-5-9-17(16)26-20/h2-12,22H,1H3,(H,25,26)(H,27,28). The number of rotatable bonds is 6. The number of hydrogen-bond donors (Lipinski definition) is 2. The van der Waals surface area contributed by atoms with Crippen molar-refractivity contribution in [2.45, 2.75) is 6.61 Å². The molecule has 2 N–H and O–H groups in total. The molecule has 30 heavy (non-hydrogen) atoms. The Morgan fingerprint density at radius 2 is 1.80 bits per heavy atom. The van der Waals surface area contributed by atoms with E-state index in [-0.39, 0.29) is 17.1 Å². The number of amides is 1. The smallest absolute Gasteiger partial charge is 0.387 e. The Hall–Kier alpha value is -3.94. The molecule has 0 aliphatic carbocycles. The molecule has 0 saturated heterocycles. The van der Waals surface area contributed by atoms with Crippen molar-refractivity contribution in [2.75, 3.05) is 12.4 Å². The fraction of sp³-hybridized carbons (Fsp3) is 0.0909. The highest BCUT2D eigenvalue weighted by atomic mass is 19.3. The van der Waals surface area contributed by atoms with Gasteiger partial charge in [-0.2, -0.15) is 8.78 Å². The van der Waals surface area contributed by atoms with E-state index in [9.17, 15) is 13.6 Å². The van der Waals surface area contributed by atoms with Gasteiger partial charge in [0.1, 0.15) is 5.82 Å². The molecular weight excluding hydrogens is 392 g/mol.